The number of halogens is 3. The fourth-order valence-corrected chi connectivity index (χ4v) is 3.86. The summed E-state index contributed by atoms with van der Waals surface area (Å²) in [6.07, 6.45) is 4.28. The molecule has 0 heterocycles. The van der Waals surface area contributed by atoms with Gasteiger partial charge in [0.05, 0.1) is 5.92 Å². The summed E-state index contributed by atoms with van der Waals surface area (Å²) < 4.78 is 38.4. The van der Waals surface area contributed by atoms with Crippen molar-refractivity contribution in [1.82, 2.24) is 5.32 Å². The molecule has 2 rings (SSSR count). The molecule has 2 fully saturated rings. The molecule has 2 saturated carbocycles. The molecule has 0 saturated heterocycles. The molecule has 0 aromatic carbocycles. The van der Waals surface area contributed by atoms with Crippen molar-refractivity contribution >= 4 is 0 Å². The lowest BCUT2D eigenvalue weighted by atomic mass is 9.80. The van der Waals surface area contributed by atoms with E-state index in [2.05, 4.69) is 12.2 Å². The van der Waals surface area contributed by atoms with Crippen LogP contribution in [0, 0.1) is 11.8 Å². The molecule has 19 heavy (non-hydrogen) atoms. The molecule has 0 radical (unpaired) electrons. The average Bonchev–Trinajstić information content (AvgIpc) is 2.39. The maximum Gasteiger partial charge on any atom is 0.391 e. The SMILES string of the molecule is CCC1CCCCC1NC1CCCC(C(F)(F)F)C1. The zero-order valence-corrected chi connectivity index (χ0v) is 11.8. The van der Waals surface area contributed by atoms with E-state index in [0.717, 1.165) is 19.3 Å². The van der Waals surface area contributed by atoms with Gasteiger partial charge in [0.15, 0.2) is 0 Å². The summed E-state index contributed by atoms with van der Waals surface area (Å²) in [5.41, 5.74) is 0. The fraction of sp³-hybridized carbons (Fsp3) is 1.00. The van der Waals surface area contributed by atoms with Gasteiger partial charge in [-0.1, -0.05) is 32.6 Å². The van der Waals surface area contributed by atoms with Crippen LogP contribution in [0.5, 0.6) is 0 Å². The van der Waals surface area contributed by atoms with Crippen molar-refractivity contribution < 1.29 is 13.2 Å². The molecule has 4 unspecified atom stereocenters. The Bertz CT molecular complexity index is 277. The summed E-state index contributed by atoms with van der Waals surface area (Å²) in [4.78, 5) is 0. The molecule has 0 aliphatic heterocycles. The number of rotatable bonds is 3. The summed E-state index contributed by atoms with van der Waals surface area (Å²) in [5, 5.41) is 3.56. The molecule has 0 bridgehead atoms. The van der Waals surface area contributed by atoms with E-state index >= 15 is 0 Å². The predicted octanol–water partition coefficient (Wildman–Crippen LogP) is 4.67. The maximum absolute atomic E-state index is 12.8. The molecule has 0 aromatic heterocycles. The van der Waals surface area contributed by atoms with Gasteiger partial charge in [-0.2, -0.15) is 13.2 Å². The van der Waals surface area contributed by atoms with Gasteiger partial charge in [0.1, 0.15) is 0 Å². The van der Waals surface area contributed by atoms with Crippen molar-refractivity contribution in [1.29, 1.82) is 0 Å². The minimum atomic E-state index is -4.00. The highest BCUT2D eigenvalue weighted by Gasteiger charge is 2.42. The molecule has 2 aliphatic rings. The smallest absolute Gasteiger partial charge is 0.311 e. The second-order valence-corrected chi connectivity index (χ2v) is 6.33. The molecule has 1 N–H and O–H groups in total. The van der Waals surface area contributed by atoms with Gasteiger partial charge in [0.2, 0.25) is 0 Å². The first-order valence-corrected chi connectivity index (χ1v) is 7.83. The quantitative estimate of drug-likeness (QED) is 0.790. The van der Waals surface area contributed by atoms with E-state index in [1.54, 1.807) is 0 Å². The van der Waals surface area contributed by atoms with E-state index in [1.165, 1.54) is 19.3 Å². The van der Waals surface area contributed by atoms with Crippen LogP contribution in [0.1, 0.15) is 64.7 Å². The lowest BCUT2D eigenvalue weighted by Crippen LogP contribution is -2.47. The molecule has 4 atom stereocenters. The average molecular weight is 277 g/mol. The Balaban J connectivity index is 1.87. The third-order valence-corrected chi connectivity index (χ3v) is 5.02. The number of alkyl halides is 3. The van der Waals surface area contributed by atoms with Gasteiger partial charge in [-0.25, -0.2) is 0 Å². The molecule has 0 spiro atoms. The second kappa shape index (κ2) is 6.47. The van der Waals surface area contributed by atoms with Gasteiger partial charge in [-0.15, -0.1) is 0 Å². The van der Waals surface area contributed by atoms with E-state index in [-0.39, 0.29) is 12.5 Å². The number of hydrogen-bond donors (Lipinski definition) is 1. The van der Waals surface area contributed by atoms with Gasteiger partial charge < -0.3 is 5.32 Å². The van der Waals surface area contributed by atoms with Crippen LogP contribution in [-0.4, -0.2) is 18.3 Å². The normalized spacial score (nSPS) is 37.3. The first kappa shape index (κ1) is 15.1. The zero-order chi connectivity index (χ0) is 13.9. The van der Waals surface area contributed by atoms with E-state index in [4.69, 9.17) is 0 Å². The van der Waals surface area contributed by atoms with Crippen LogP contribution >= 0.6 is 0 Å². The van der Waals surface area contributed by atoms with Crippen LogP contribution in [-0.2, 0) is 0 Å². The molecule has 1 nitrogen and oxygen atoms in total. The summed E-state index contributed by atoms with van der Waals surface area (Å²) in [7, 11) is 0. The lowest BCUT2D eigenvalue weighted by molar-refractivity contribution is -0.184. The summed E-state index contributed by atoms with van der Waals surface area (Å²) in [6.45, 7) is 2.20. The highest BCUT2D eigenvalue weighted by molar-refractivity contribution is 4.87. The predicted molar refractivity (Wildman–Crippen MR) is 71.0 cm³/mol. The van der Waals surface area contributed by atoms with Gasteiger partial charge >= 0.3 is 6.18 Å². The van der Waals surface area contributed by atoms with Crippen molar-refractivity contribution in [2.75, 3.05) is 0 Å². The Labute approximate surface area is 114 Å². The molecule has 0 aromatic rings. The Morgan fingerprint density at radius 3 is 2.42 bits per heavy atom. The Kier molecular flexibility index (Phi) is 5.15. The minimum Gasteiger partial charge on any atom is -0.311 e. The molecule has 2 aliphatic carbocycles. The van der Waals surface area contributed by atoms with Crippen molar-refractivity contribution in [2.45, 2.75) is 83.0 Å². The molecule has 112 valence electrons. The van der Waals surface area contributed by atoms with Crippen molar-refractivity contribution in [3.63, 3.8) is 0 Å². The fourth-order valence-electron chi connectivity index (χ4n) is 3.86. The van der Waals surface area contributed by atoms with Crippen LogP contribution in [0.2, 0.25) is 0 Å². The first-order chi connectivity index (χ1) is 9.00. The highest BCUT2D eigenvalue weighted by Crippen LogP contribution is 2.38. The van der Waals surface area contributed by atoms with Gasteiger partial charge in [-0.05, 0) is 38.0 Å². The van der Waals surface area contributed by atoms with Gasteiger partial charge in [0, 0.05) is 12.1 Å². The van der Waals surface area contributed by atoms with Gasteiger partial charge in [0.25, 0.3) is 0 Å². The van der Waals surface area contributed by atoms with E-state index < -0.39 is 12.1 Å². The summed E-state index contributed by atoms with van der Waals surface area (Å²) in [6, 6.07) is 0.535. The number of hydrogen-bond acceptors (Lipinski definition) is 1. The monoisotopic (exact) mass is 277 g/mol. The van der Waals surface area contributed by atoms with Crippen LogP contribution in [0.3, 0.4) is 0 Å². The Morgan fingerprint density at radius 2 is 1.74 bits per heavy atom. The van der Waals surface area contributed by atoms with Gasteiger partial charge in [-0.3, -0.25) is 0 Å². The Morgan fingerprint density at radius 1 is 1.00 bits per heavy atom. The Hall–Kier alpha value is -0.250. The highest BCUT2D eigenvalue weighted by atomic mass is 19.4. The second-order valence-electron chi connectivity index (χ2n) is 6.33. The largest absolute Gasteiger partial charge is 0.391 e. The van der Waals surface area contributed by atoms with Crippen molar-refractivity contribution in [3.05, 3.63) is 0 Å². The van der Waals surface area contributed by atoms with E-state index in [1.807, 2.05) is 0 Å². The van der Waals surface area contributed by atoms with E-state index in [9.17, 15) is 13.2 Å². The van der Waals surface area contributed by atoms with Crippen LogP contribution in [0.25, 0.3) is 0 Å². The maximum atomic E-state index is 12.8. The van der Waals surface area contributed by atoms with Crippen LogP contribution in [0.4, 0.5) is 13.2 Å². The first-order valence-electron chi connectivity index (χ1n) is 7.83. The third-order valence-electron chi connectivity index (χ3n) is 5.02. The minimum absolute atomic E-state index is 0.0810. The van der Waals surface area contributed by atoms with Crippen LogP contribution in [0.15, 0.2) is 0 Å². The summed E-state index contributed by atoms with van der Waals surface area (Å²) in [5.74, 6) is -0.414. The third kappa shape index (κ3) is 4.11. The number of nitrogens with one attached hydrogen (secondary N) is 1. The standard InChI is InChI=1S/C15H26F3N/c1-2-11-6-3-4-9-14(11)19-13-8-5-7-12(10-13)15(16,17)18/h11-14,19H,2-10H2,1H3. The summed E-state index contributed by atoms with van der Waals surface area (Å²) >= 11 is 0. The lowest BCUT2D eigenvalue weighted by Gasteiger charge is -2.38. The van der Waals surface area contributed by atoms with Crippen LogP contribution < -0.4 is 5.32 Å². The topological polar surface area (TPSA) is 12.0 Å². The molecule has 4 heteroatoms. The van der Waals surface area contributed by atoms with Crippen molar-refractivity contribution in [2.24, 2.45) is 11.8 Å². The molecular weight excluding hydrogens is 251 g/mol. The van der Waals surface area contributed by atoms with E-state index in [0.29, 0.717) is 24.8 Å². The van der Waals surface area contributed by atoms with Crippen molar-refractivity contribution in [3.8, 4) is 0 Å². The zero-order valence-electron chi connectivity index (χ0n) is 11.8. The molecule has 0 amide bonds. The molecular formula is C15H26F3N.